The van der Waals surface area contributed by atoms with Gasteiger partial charge in [-0.2, -0.15) is 0 Å². The molecule has 0 unspecified atom stereocenters. The number of anilines is 1. The summed E-state index contributed by atoms with van der Waals surface area (Å²) >= 11 is 5.82. The number of amides is 1. The third-order valence-corrected chi connectivity index (χ3v) is 3.58. The lowest BCUT2D eigenvalue weighted by Crippen LogP contribution is -2.13. The maximum atomic E-state index is 13.5. The Labute approximate surface area is 146 Å². The van der Waals surface area contributed by atoms with Crippen LogP contribution in [0.2, 0.25) is 5.02 Å². The second-order valence-electron chi connectivity index (χ2n) is 5.18. The Morgan fingerprint density at radius 1 is 1.12 bits per heavy atom. The second-order valence-corrected chi connectivity index (χ2v) is 5.62. The zero-order valence-corrected chi connectivity index (χ0v) is 13.6. The SMILES string of the molecule is O=C(CCc1nnc(-c2ccc(Cl)cc2)o1)Nc1ccc(F)cc1F. The lowest BCUT2D eigenvalue weighted by atomic mass is 10.2. The van der Waals surface area contributed by atoms with Gasteiger partial charge >= 0.3 is 0 Å². The largest absolute Gasteiger partial charge is 0.421 e. The number of aryl methyl sites for hydroxylation is 1. The number of hydrogen-bond donors (Lipinski definition) is 1. The molecule has 2 aromatic carbocycles. The van der Waals surface area contributed by atoms with E-state index in [1.165, 1.54) is 0 Å². The van der Waals surface area contributed by atoms with Gasteiger partial charge in [-0.15, -0.1) is 10.2 Å². The van der Waals surface area contributed by atoms with Gasteiger partial charge in [0.2, 0.25) is 17.7 Å². The molecule has 0 fully saturated rings. The summed E-state index contributed by atoms with van der Waals surface area (Å²) < 4.78 is 31.8. The molecule has 0 aliphatic carbocycles. The highest BCUT2D eigenvalue weighted by Gasteiger charge is 2.12. The molecule has 1 heterocycles. The fraction of sp³-hybridized carbons (Fsp3) is 0.118. The fourth-order valence-corrected chi connectivity index (χ4v) is 2.21. The van der Waals surface area contributed by atoms with Crippen LogP contribution in [0.25, 0.3) is 11.5 Å². The van der Waals surface area contributed by atoms with E-state index in [4.69, 9.17) is 16.0 Å². The minimum Gasteiger partial charge on any atom is -0.421 e. The smallest absolute Gasteiger partial charge is 0.247 e. The number of rotatable bonds is 5. The Morgan fingerprint density at radius 3 is 2.60 bits per heavy atom. The van der Waals surface area contributed by atoms with Gasteiger partial charge in [0.05, 0.1) is 5.69 Å². The Kier molecular flexibility index (Phi) is 5.04. The highest BCUT2D eigenvalue weighted by atomic mass is 35.5. The molecule has 1 N–H and O–H groups in total. The number of hydrogen-bond acceptors (Lipinski definition) is 4. The Hall–Kier alpha value is -2.80. The van der Waals surface area contributed by atoms with Gasteiger partial charge < -0.3 is 9.73 Å². The molecule has 25 heavy (non-hydrogen) atoms. The molecule has 0 bridgehead atoms. The van der Waals surface area contributed by atoms with Gasteiger partial charge in [0.25, 0.3) is 0 Å². The molecular formula is C17H12ClF2N3O2. The highest BCUT2D eigenvalue weighted by molar-refractivity contribution is 6.30. The average molecular weight is 364 g/mol. The number of nitrogens with one attached hydrogen (secondary N) is 1. The molecule has 0 radical (unpaired) electrons. The Morgan fingerprint density at radius 2 is 1.88 bits per heavy atom. The molecule has 1 amide bonds. The van der Waals surface area contributed by atoms with E-state index >= 15 is 0 Å². The predicted octanol–water partition coefficient (Wildman–Crippen LogP) is 4.24. The van der Waals surface area contributed by atoms with Crippen molar-refractivity contribution in [3.63, 3.8) is 0 Å². The predicted molar refractivity (Wildman–Crippen MR) is 88.1 cm³/mol. The van der Waals surface area contributed by atoms with Crippen molar-refractivity contribution in [3.8, 4) is 11.5 Å². The number of halogens is 3. The van der Waals surface area contributed by atoms with E-state index in [1.807, 2.05) is 0 Å². The molecule has 0 aliphatic rings. The molecule has 5 nitrogen and oxygen atoms in total. The molecule has 128 valence electrons. The van der Waals surface area contributed by atoms with Gasteiger partial charge in [-0.3, -0.25) is 4.79 Å². The van der Waals surface area contributed by atoms with Crippen LogP contribution in [0.5, 0.6) is 0 Å². The fourth-order valence-electron chi connectivity index (χ4n) is 2.09. The maximum Gasteiger partial charge on any atom is 0.247 e. The lowest BCUT2D eigenvalue weighted by Gasteiger charge is -2.05. The van der Waals surface area contributed by atoms with Crippen LogP contribution in [0.4, 0.5) is 14.5 Å². The number of carbonyl (C=O) groups is 1. The van der Waals surface area contributed by atoms with Crippen LogP contribution in [-0.4, -0.2) is 16.1 Å². The van der Waals surface area contributed by atoms with Crippen LogP contribution in [-0.2, 0) is 11.2 Å². The number of nitrogens with zero attached hydrogens (tertiary/aromatic N) is 2. The number of carbonyl (C=O) groups excluding carboxylic acids is 1. The van der Waals surface area contributed by atoms with Crippen LogP contribution in [0.15, 0.2) is 46.9 Å². The summed E-state index contributed by atoms with van der Waals surface area (Å²) in [5.41, 5.74) is 0.625. The first-order valence-corrected chi connectivity index (χ1v) is 7.72. The first-order valence-electron chi connectivity index (χ1n) is 7.34. The van der Waals surface area contributed by atoms with Crippen molar-refractivity contribution in [2.75, 3.05) is 5.32 Å². The van der Waals surface area contributed by atoms with Crippen LogP contribution >= 0.6 is 11.6 Å². The minimum atomic E-state index is -0.837. The van der Waals surface area contributed by atoms with E-state index < -0.39 is 17.5 Å². The zero-order chi connectivity index (χ0) is 17.8. The molecule has 3 aromatic rings. The van der Waals surface area contributed by atoms with Crippen molar-refractivity contribution >= 4 is 23.2 Å². The van der Waals surface area contributed by atoms with Crippen molar-refractivity contribution < 1.29 is 18.0 Å². The highest BCUT2D eigenvalue weighted by Crippen LogP contribution is 2.21. The normalized spacial score (nSPS) is 10.7. The first kappa shape index (κ1) is 17.0. The number of benzene rings is 2. The standard InChI is InChI=1S/C17H12ClF2N3O2/c18-11-3-1-10(2-4-11)17-23-22-16(25-17)8-7-15(24)21-14-6-5-12(19)9-13(14)20/h1-6,9H,7-8H2,(H,21,24). The molecule has 0 saturated carbocycles. The summed E-state index contributed by atoms with van der Waals surface area (Å²) in [5, 5.41) is 10.7. The molecule has 0 spiro atoms. The van der Waals surface area contributed by atoms with Crippen LogP contribution in [0, 0.1) is 11.6 Å². The van der Waals surface area contributed by atoms with Crippen molar-refractivity contribution in [1.82, 2.24) is 10.2 Å². The third kappa shape index (κ3) is 4.39. The molecule has 1 aromatic heterocycles. The molecule has 3 rings (SSSR count). The molecule has 0 atom stereocenters. The molecule has 0 aliphatic heterocycles. The van der Waals surface area contributed by atoms with Gasteiger partial charge in [0.1, 0.15) is 11.6 Å². The van der Waals surface area contributed by atoms with Crippen molar-refractivity contribution in [1.29, 1.82) is 0 Å². The van der Waals surface area contributed by atoms with Gasteiger partial charge in [0.15, 0.2) is 0 Å². The summed E-state index contributed by atoms with van der Waals surface area (Å²) in [6, 6.07) is 9.80. The van der Waals surface area contributed by atoms with Gasteiger partial charge in [-0.05, 0) is 36.4 Å². The topological polar surface area (TPSA) is 68.0 Å². The third-order valence-electron chi connectivity index (χ3n) is 3.33. The minimum absolute atomic E-state index is 0.0130. The van der Waals surface area contributed by atoms with Gasteiger partial charge in [-0.1, -0.05) is 11.6 Å². The van der Waals surface area contributed by atoms with Crippen LogP contribution in [0.1, 0.15) is 12.3 Å². The lowest BCUT2D eigenvalue weighted by molar-refractivity contribution is -0.116. The second kappa shape index (κ2) is 7.40. The summed E-state index contributed by atoms with van der Waals surface area (Å²) in [4.78, 5) is 11.9. The quantitative estimate of drug-likeness (QED) is 0.736. The average Bonchev–Trinajstić information content (AvgIpc) is 3.05. The molecule has 0 saturated heterocycles. The summed E-state index contributed by atoms with van der Waals surface area (Å²) in [6.07, 6.45) is 0.203. The van der Waals surface area contributed by atoms with E-state index in [1.54, 1.807) is 24.3 Å². The van der Waals surface area contributed by atoms with E-state index in [2.05, 4.69) is 15.5 Å². The monoisotopic (exact) mass is 363 g/mol. The van der Waals surface area contributed by atoms with E-state index in [9.17, 15) is 13.6 Å². The Bertz CT molecular complexity index is 897. The van der Waals surface area contributed by atoms with Crippen molar-refractivity contribution in [2.45, 2.75) is 12.8 Å². The Balaban J connectivity index is 1.58. The maximum absolute atomic E-state index is 13.5. The summed E-state index contributed by atoms with van der Waals surface area (Å²) in [7, 11) is 0. The molecular weight excluding hydrogens is 352 g/mol. The van der Waals surface area contributed by atoms with Gasteiger partial charge in [0, 0.05) is 29.5 Å². The van der Waals surface area contributed by atoms with Crippen molar-refractivity contribution in [2.24, 2.45) is 0 Å². The van der Waals surface area contributed by atoms with Crippen molar-refractivity contribution in [3.05, 3.63) is 65.0 Å². The molecule has 8 heteroatoms. The first-order chi connectivity index (χ1) is 12.0. The zero-order valence-electron chi connectivity index (χ0n) is 12.8. The van der Waals surface area contributed by atoms with Gasteiger partial charge in [-0.25, -0.2) is 8.78 Å². The summed E-state index contributed by atoms with van der Waals surface area (Å²) in [6.45, 7) is 0. The van der Waals surface area contributed by atoms with E-state index in [0.717, 1.165) is 12.1 Å². The van der Waals surface area contributed by atoms with Crippen LogP contribution in [0.3, 0.4) is 0 Å². The van der Waals surface area contributed by atoms with E-state index in [-0.39, 0.29) is 24.4 Å². The summed E-state index contributed by atoms with van der Waals surface area (Å²) in [5.74, 6) is -1.40. The van der Waals surface area contributed by atoms with Crippen LogP contribution < -0.4 is 5.32 Å². The van der Waals surface area contributed by atoms with E-state index in [0.29, 0.717) is 22.5 Å². The number of aromatic nitrogens is 2.